The fourth-order valence-corrected chi connectivity index (χ4v) is 3.77. The van der Waals surface area contributed by atoms with Crippen molar-refractivity contribution in [2.24, 2.45) is 20.5 Å². The van der Waals surface area contributed by atoms with Gasteiger partial charge in [-0.2, -0.15) is 23.8 Å². The molecule has 9 heteroatoms. The van der Waals surface area contributed by atoms with E-state index in [1.165, 1.54) is 30.3 Å². The fourth-order valence-electron chi connectivity index (χ4n) is 3.25. The van der Waals surface area contributed by atoms with Crippen LogP contribution in [0.25, 0.3) is 10.8 Å². The second-order valence-corrected chi connectivity index (χ2v) is 8.87. The molecule has 0 aliphatic carbocycles. The number of aromatic hydroxyl groups is 1. The minimum atomic E-state index is -4.34. The van der Waals surface area contributed by atoms with Crippen LogP contribution in [0.1, 0.15) is 11.1 Å². The zero-order chi connectivity index (χ0) is 23.6. The van der Waals surface area contributed by atoms with Crippen LogP contribution >= 0.6 is 0 Å². The van der Waals surface area contributed by atoms with E-state index < -0.39 is 10.1 Å². The average Bonchev–Trinajstić information content (AvgIpc) is 2.78. The van der Waals surface area contributed by atoms with Crippen LogP contribution in [0.5, 0.6) is 5.75 Å². The SMILES string of the molecule is Cc1ccccc1N=Nc1ccc(N=Nc2c(O)ccc3cc(S(=O)(=O)O)ccc23)c(C)c1. The van der Waals surface area contributed by atoms with Crippen molar-refractivity contribution in [3.63, 3.8) is 0 Å². The number of aryl methyl sites for hydroxylation is 2. The van der Waals surface area contributed by atoms with Crippen molar-refractivity contribution < 1.29 is 18.1 Å². The summed E-state index contributed by atoms with van der Waals surface area (Å²) < 4.78 is 32.1. The van der Waals surface area contributed by atoms with Crippen LogP contribution in [0.2, 0.25) is 0 Å². The summed E-state index contributed by atoms with van der Waals surface area (Å²) in [5.41, 5.74) is 4.08. The lowest BCUT2D eigenvalue weighted by atomic mass is 10.1. The third-order valence-electron chi connectivity index (χ3n) is 5.07. The molecular weight excluding hydrogens is 440 g/mol. The maximum absolute atomic E-state index is 11.4. The third-order valence-corrected chi connectivity index (χ3v) is 5.92. The van der Waals surface area contributed by atoms with Crippen LogP contribution in [0.3, 0.4) is 0 Å². The Balaban J connectivity index is 1.64. The number of fused-ring (bicyclic) bond motifs is 1. The van der Waals surface area contributed by atoms with E-state index in [1.807, 2.05) is 44.2 Å². The molecule has 4 aromatic carbocycles. The number of phenols is 1. The van der Waals surface area contributed by atoms with Gasteiger partial charge < -0.3 is 5.11 Å². The normalized spacial score (nSPS) is 12.2. The van der Waals surface area contributed by atoms with E-state index >= 15 is 0 Å². The zero-order valence-electron chi connectivity index (χ0n) is 17.8. The third kappa shape index (κ3) is 4.94. The van der Waals surface area contributed by atoms with Crippen molar-refractivity contribution in [3.8, 4) is 5.75 Å². The number of phenolic OH excluding ortho intramolecular Hbond substituents is 1. The van der Waals surface area contributed by atoms with E-state index in [9.17, 15) is 18.1 Å². The topological polar surface area (TPSA) is 124 Å². The van der Waals surface area contributed by atoms with Gasteiger partial charge in [-0.15, -0.1) is 5.11 Å². The summed E-state index contributed by atoms with van der Waals surface area (Å²) in [5.74, 6) is -0.104. The molecule has 0 saturated heterocycles. The van der Waals surface area contributed by atoms with Gasteiger partial charge in [-0.3, -0.25) is 4.55 Å². The van der Waals surface area contributed by atoms with Gasteiger partial charge in [0.25, 0.3) is 10.1 Å². The summed E-state index contributed by atoms with van der Waals surface area (Å²) in [5, 5.41) is 28.3. The lowest BCUT2D eigenvalue weighted by Crippen LogP contribution is -1.97. The summed E-state index contributed by atoms with van der Waals surface area (Å²) in [6.07, 6.45) is 0. The Kier molecular flexibility index (Phi) is 5.99. The molecule has 0 spiro atoms. The first-order valence-electron chi connectivity index (χ1n) is 9.95. The minimum absolute atomic E-state index is 0.104. The number of nitrogens with zero attached hydrogens (tertiary/aromatic N) is 4. The molecule has 0 bridgehead atoms. The van der Waals surface area contributed by atoms with Crippen molar-refractivity contribution >= 4 is 43.6 Å². The van der Waals surface area contributed by atoms with Gasteiger partial charge in [-0.25, -0.2) is 0 Å². The van der Waals surface area contributed by atoms with Gasteiger partial charge >= 0.3 is 0 Å². The summed E-state index contributed by atoms with van der Waals surface area (Å²) in [6, 6.07) is 20.0. The molecular formula is C24H20N4O4S. The van der Waals surface area contributed by atoms with Crippen molar-refractivity contribution in [2.75, 3.05) is 0 Å². The van der Waals surface area contributed by atoms with Crippen LogP contribution in [0, 0.1) is 13.8 Å². The van der Waals surface area contributed by atoms with Crippen LogP contribution in [0.15, 0.2) is 98.1 Å². The molecule has 0 radical (unpaired) electrons. The molecule has 166 valence electrons. The van der Waals surface area contributed by atoms with E-state index in [2.05, 4.69) is 20.5 Å². The fraction of sp³-hybridized carbons (Fsp3) is 0.0833. The van der Waals surface area contributed by atoms with Crippen LogP contribution < -0.4 is 0 Å². The smallest absolute Gasteiger partial charge is 0.294 e. The number of azo groups is 2. The van der Waals surface area contributed by atoms with Gasteiger partial charge in [-0.1, -0.05) is 30.3 Å². The Morgan fingerprint density at radius 2 is 1.45 bits per heavy atom. The molecule has 0 amide bonds. The number of rotatable bonds is 5. The summed E-state index contributed by atoms with van der Waals surface area (Å²) in [4.78, 5) is -0.241. The Labute approximate surface area is 190 Å². The Hall–Kier alpha value is -3.95. The zero-order valence-corrected chi connectivity index (χ0v) is 18.7. The molecule has 0 aliphatic rings. The molecule has 0 unspecified atom stereocenters. The Morgan fingerprint density at radius 1 is 0.727 bits per heavy atom. The molecule has 0 heterocycles. The monoisotopic (exact) mass is 460 g/mol. The van der Waals surface area contributed by atoms with Gasteiger partial charge in [0.2, 0.25) is 0 Å². The van der Waals surface area contributed by atoms with Gasteiger partial charge in [-0.05, 0) is 72.8 Å². The molecule has 4 aromatic rings. The second kappa shape index (κ2) is 8.89. The van der Waals surface area contributed by atoms with E-state index in [0.29, 0.717) is 22.1 Å². The van der Waals surface area contributed by atoms with Crippen molar-refractivity contribution in [1.29, 1.82) is 0 Å². The molecule has 0 saturated carbocycles. The molecule has 2 N–H and O–H groups in total. The lowest BCUT2D eigenvalue weighted by Gasteiger charge is -2.06. The van der Waals surface area contributed by atoms with Gasteiger partial charge in [0.1, 0.15) is 11.4 Å². The van der Waals surface area contributed by atoms with Gasteiger partial charge in [0.05, 0.1) is 22.0 Å². The van der Waals surface area contributed by atoms with Crippen molar-refractivity contribution in [3.05, 3.63) is 83.9 Å². The van der Waals surface area contributed by atoms with Gasteiger partial charge in [0.15, 0.2) is 0 Å². The number of hydrogen-bond acceptors (Lipinski definition) is 7. The summed E-state index contributed by atoms with van der Waals surface area (Å²) in [6.45, 7) is 3.83. The predicted molar refractivity (Wildman–Crippen MR) is 126 cm³/mol. The molecule has 33 heavy (non-hydrogen) atoms. The quantitative estimate of drug-likeness (QED) is 0.240. The predicted octanol–water partition coefficient (Wildman–Crippen LogP) is 7.24. The van der Waals surface area contributed by atoms with Gasteiger partial charge in [0, 0.05) is 5.39 Å². The second-order valence-electron chi connectivity index (χ2n) is 7.45. The summed E-state index contributed by atoms with van der Waals surface area (Å²) in [7, 11) is -4.34. The minimum Gasteiger partial charge on any atom is -0.506 e. The highest BCUT2D eigenvalue weighted by Gasteiger charge is 2.13. The molecule has 0 aliphatic heterocycles. The highest BCUT2D eigenvalue weighted by Crippen LogP contribution is 2.37. The molecule has 8 nitrogen and oxygen atoms in total. The molecule has 0 fully saturated rings. The maximum atomic E-state index is 11.4. The van der Waals surface area contributed by atoms with Crippen LogP contribution in [0.4, 0.5) is 22.7 Å². The van der Waals surface area contributed by atoms with E-state index in [0.717, 1.165) is 16.8 Å². The number of hydrogen-bond donors (Lipinski definition) is 2. The largest absolute Gasteiger partial charge is 0.506 e. The highest BCUT2D eigenvalue weighted by atomic mass is 32.2. The first kappa shape index (κ1) is 22.3. The first-order chi connectivity index (χ1) is 15.7. The Bertz CT molecular complexity index is 1530. The average molecular weight is 461 g/mol. The summed E-state index contributed by atoms with van der Waals surface area (Å²) >= 11 is 0. The standard InChI is InChI=1S/C24H20N4O4S/c1-15-5-3-4-6-21(15)26-25-18-8-11-22(16(2)13-18)27-28-24-20-10-9-19(33(30,31)32)14-17(20)7-12-23(24)29/h3-14,29H,1-2H3,(H,30,31,32). The van der Waals surface area contributed by atoms with Crippen molar-refractivity contribution in [2.45, 2.75) is 18.7 Å². The Morgan fingerprint density at radius 3 is 2.18 bits per heavy atom. The van der Waals surface area contributed by atoms with E-state index in [-0.39, 0.29) is 16.3 Å². The van der Waals surface area contributed by atoms with Crippen molar-refractivity contribution in [1.82, 2.24) is 0 Å². The first-order valence-corrected chi connectivity index (χ1v) is 11.4. The van der Waals surface area contributed by atoms with E-state index in [1.54, 1.807) is 12.1 Å². The molecule has 4 rings (SSSR count). The van der Waals surface area contributed by atoms with Crippen LogP contribution in [-0.2, 0) is 10.1 Å². The maximum Gasteiger partial charge on any atom is 0.294 e. The molecule has 0 aromatic heterocycles. The van der Waals surface area contributed by atoms with Crippen LogP contribution in [-0.4, -0.2) is 18.1 Å². The number of benzene rings is 4. The highest BCUT2D eigenvalue weighted by molar-refractivity contribution is 7.85. The lowest BCUT2D eigenvalue weighted by molar-refractivity contribution is 0.477. The van der Waals surface area contributed by atoms with E-state index in [4.69, 9.17) is 0 Å². The molecule has 0 atom stereocenters.